The molecule has 1 amide bonds. The van der Waals surface area contributed by atoms with Crippen LogP contribution < -0.4 is 5.73 Å². The van der Waals surface area contributed by atoms with Crippen molar-refractivity contribution >= 4 is 5.91 Å². The highest BCUT2D eigenvalue weighted by atomic mass is 16.3. The summed E-state index contributed by atoms with van der Waals surface area (Å²) in [5.41, 5.74) is 7.19. The van der Waals surface area contributed by atoms with Crippen molar-refractivity contribution in [3.63, 3.8) is 0 Å². The normalized spacial score (nSPS) is 12.5. The molecule has 0 fully saturated rings. The molecule has 0 aliphatic rings. The standard InChI is InChI=1S/C11H15NO3/c1-6-3-8(4-7(2)10(6)14)5-9(13)11(12)15/h3-4,9,13-14H,5H2,1-2H3,(H2,12,15)/t9-/m1/s1. The Hall–Kier alpha value is -1.55. The second-order valence-electron chi connectivity index (χ2n) is 3.70. The highest BCUT2D eigenvalue weighted by molar-refractivity contribution is 5.78. The number of amides is 1. The van der Waals surface area contributed by atoms with Gasteiger partial charge in [-0.3, -0.25) is 4.79 Å². The third-order valence-corrected chi connectivity index (χ3v) is 2.31. The Morgan fingerprint density at radius 1 is 1.40 bits per heavy atom. The maximum absolute atomic E-state index is 10.7. The van der Waals surface area contributed by atoms with E-state index >= 15 is 0 Å². The minimum Gasteiger partial charge on any atom is -0.507 e. The van der Waals surface area contributed by atoms with E-state index in [1.165, 1.54) is 0 Å². The van der Waals surface area contributed by atoms with Crippen molar-refractivity contribution in [1.82, 2.24) is 0 Å². The molecule has 82 valence electrons. The van der Waals surface area contributed by atoms with Crippen molar-refractivity contribution in [3.05, 3.63) is 28.8 Å². The van der Waals surface area contributed by atoms with Gasteiger partial charge in [0.15, 0.2) is 0 Å². The molecule has 1 aromatic rings. The first-order valence-electron chi connectivity index (χ1n) is 4.68. The third-order valence-electron chi connectivity index (χ3n) is 2.31. The van der Waals surface area contributed by atoms with Crippen LogP contribution in [-0.2, 0) is 11.2 Å². The number of phenols is 1. The molecule has 1 atom stereocenters. The Bertz CT molecular complexity index is 364. The van der Waals surface area contributed by atoms with Crippen LogP contribution in [-0.4, -0.2) is 22.2 Å². The number of carbonyl (C=O) groups is 1. The molecule has 0 heterocycles. The average Bonchev–Trinajstić information content (AvgIpc) is 2.13. The fourth-order valence-corrected chi connectivity index (χ4v) is 1.49. The number of benzene rings is 1. The first kappa shape index (κ1) is 11.5. The van der Waals surface area contributed by atoms with Crippen LogP contribution in [0.2, 0.25) is 0 Å². The van der Waals surface area contributed by atoms with E-state index in [4.69, 9.17) is 5.73 Å². The van der Waals surface area contributed by atoms with Crippen molar-refractivity contribution in [2.45, 2.75) is 26.4 Å². The fraction of sp³-hybridized carbons (Fsp3) is 0.364. The van der Waals surface area contributed by atoms with Gasteiger partial charge >= 0.3 is 0 Å². The van der Waals surface area contributed by atoms with Gasteiger partial charge in [0, 0.05) is 6.42 Å². The third kappa shape index (κ3) is 2.70. The highest BCUT2D eigenvalue weighted by Crippen LogP contribution is 2.23. The molecule has 0 saturated heterocycles. The van der Waals surface area contributed by atoms with E-state index in [0.29, 0.717) is 0 Å². The number of rotatable bonds is 3. The molecule has 0 aromatic heterocycles. The van der Waals surface area contributed by atoms with Crippen LogP contribution in [0.1, 0.15) is 16.7 Å². The van der Waals surface area contributed by atoms with Gasteiger partial charge in [-0.25, -0.2) is 0 Å². The van der Waals surface area contributed by atoms with Gasteiger partial charge in [0.2, 0.25) is 5.91 Å². The smallest absolute Gasteiger partial charge is 0.246 e. The molecular weight excluding hydrogens is 194 g/mol. The number of aryl methyl sites for hydroxylation is 2. The predicted octanol–water partition coefficient (Wildman–Crippen LogP) is 0.398. The first-order chi connectivity index (χ1) is 6.91. The van der Waals surface area contributed by atoms with Gasteiger partial charge in [-0.05, 0) is 30.5 Å². The Balaban J connectivity index is 2.92. The van der Waals surface area contributed by atoms with Crippen LogP contribution in [0.4, 0.5) is 0 Å². The van der Waals surface area contributed by atoms with Gasteiger partial charge in [0.1, 0.15) is 11.9 Å². The number of aliphatic hydroxyl groups excluding tert-OH is 1. The molecular formula is C11H15NO3. The number of carbonyl (C=O) groups excluding carboxylic acids is 1. The summed E-state index contributed by atoms with van der Waals surface area (Å²) in [6.07, 6.45) is -0.995. The minimum absolute atomic E-state index is 0.178. The largest absolute Gasteiger partial charge is 0.507 e. The lowest BCUT2D eigenvalue weighted by Crippen LogP contribution is -2.30. The topological polar surface area (TPSA) is 83.5 Å². The van der Waals surface area contributed by atoms with Gasteiger partial charge in [-0.2, -0.15) is 0 Å². The molecule has 0 aliphatic heterocycles. The maximum atomic E-state index is 10.7. The van der Waals surface area contributed by atoms with Crippen LogP contribution in [0.25, 0.3) is 0 Å². The summed E-state index contributed by atoms with van der Waals surface area (Å²) >= 11 is 0. The number of primary amides is 1. The second-order valence-corrected chi connectivity index (χ2v) is 3.70. The van der Waals surface area contributed by atoms with Crippen LogP contribution >= 0.6 is 0 Å². The molecule has 0 bridgehead atoms. The summed E-state index contributed by atoms with van der Waals surface area (Å²) in [4.78, 5) is 10.7. The summed E-state index contributed by atoms with van der Waals surface area (Å²) in [6.45, 7) is 3.53. The fourth-order valence-electron chi connectivity index (χ4n) is 1.49. The lowest BCUT2D eigenvalue weighted by atomic mass is 10.0. The second kappa shape index (κ2) is 4.31. The van der Waals surface area contributed by atoms with Crippen LogP contribution in [0.5, 0.6) is 5.75 Å². The number of hydrogen-bond acceptors (Lipinski definition) is 3. The maximum Gasteiger partial charge on any atom is 0.246 e. The van der Waals surface area contributed by atoms with E-state index < -0.39 is 12.0 Å². The monoisotopic (exact) mass is 209 g/mol. The highest BCUT2D eigenvalue weighted by Gasteiger charge is 2.13. The molecule has 0 saturated carbocycles. The quantitative estimate of drug-likeness (QED) is 0.673. The van der Waals surface area contributed by atoms with Crippen molar-refractivity contribution in [3.8, 4) is 5.75 Å². The van der Waals surface area contributed by atoms with E-state index in [2.05, 4.69) is 0 Å². The SMILES string of the molecule is Cc1cc(C[C@@H](O)C(N)=O)cc(C)c1O. The number of aliphatic hydroxyl groups is 1. The molecule has 0 aliphatic carbocycles. The first-order valence-corrected chi connectivity index (χ1v) is 4.68. The van der Waals surface area contributed by atoms with Crippen molar-refractivity contribution < 1.29 is 15.0 Å². The Morgan fingerprint density at radius 2 is 1.87 bits per heavy atom. The Kier molecular flexibility index (Phi) is 3.31. The van der Waals surface area contributed by atoms with Gasteiger partial charge in [0.25, 0.3) is 0 Å². The number of phenolic OH excluding ortho intramolecular Hbond substituents is 1. The number of aromatic hydroxyl groups is 1. The molecule has 1 aromatic carbocycles. The lowest BCUT2D eigenvalue weighted by molar-refractivity contribution is -0.125. The van der Waals surface area contributed by atoms with Gasteiger partial charge in [-0.1, -0.05) is 12.1 Å². The molecule has 0 spiro atoms. The van der Waals surface area contributed by atoms with Crippen molar-refractivity contribution in [2.24, 2.45) is 5.73 Å². The van der Waals surface area contributed by atoms with Gasteiger partial charge in [-0.15, -0.1) is 0 Å². The van der Waals surface area contributed by atoms with Crippen LogP contribution in [0.3, 0.4) is 0 Å². The molecule has 0 radical (unpaired) electrons. The molecule has 15 heavy (non-hydrogen) atoms. The molecule has 4 heteroatoms. The molecule has 4 N–H and O–H groups in total. The lowest BCUT2D eigenvalue weighted by Gasteiger charge is -2.10. The minimum atomic E-state index is -1.17. The molecule has 0 unspecified atom stereocenters. The van der Waals surface area contributed by atoms with E-state index in [0.717, 1.165) is 16.7 Å². The average molecular weight is 209 g/mol. The van der Waals surface area contributed by atoms with Gasteiger partial charge < -0.3 is 15.9 Å². The van der Waals surface area contributed by atoms with Gasteiger partial charge in [0.05, 0.1) is 0 Å². The predicted molar refractivity (Wildman–Crippen MR) is 56.5 cm³/mol. The Labute approximate surface area is 88.3 Å². The molecule has 1 rings (SSSR count). The van der Waals surface area contributed by atoms with E-state index in [-0.39, 0.29) is 12.2 Å². The summed E-state index contributed by atoms with van der Waals surface area (Å²) < 4.78 is 0. The van der Waals surface area contributed by atoms with Crippen LogP contribution in [0.15, 0.2) is 12.1 Å². The van der Waals surface area contributed by atoms with E-state index in [9.17, 15) is 15.0 Å². The van der Waals surface area contributed by atoms with E-state index in [1.807, 2.05) is 0 Å². The van der Waals surface area contributed by atoms with Crippen molar-refractivity contribution in [2.75, 3.05) is 0 Å². The zero-order valence-corrected chi connectivity index (χ0v) is 8.82. The number of hydrogen-bond donors (Lipinski definition) is 3. The van der Waals surface area contributed by atoms with E-state index in [1.54, 1.807) is 26.0 Å². The van der Waals surface area contributed by atoms with Crippen molar-refractivity contribution in [1.29, 1.82) is 0 Å². The zero-order chi connectivity index (χ0) is 11.6. The van der Waals surface area contributed by atoms with Crippen LogP contribution in [0, 0.1) is 13.8 Å². The summed E-state index contributed by atoms with van der Waals surface area (Å²) in [6, 6.07) is 3.46. The zero-order valence-electron chi connectivity index (χ0n) is 8.82. The Morgan fingerprint density at radius 3 is 2.27 bits per heavy atom. The summed E-state index contributed by atoms with van der Waals surface area (Å²) in [5.74, 6) is -0.495. The summed E-state index contributed by atoms with van der Waals surface area (Å²) in [5, 5.41) is 18.8. The summed E-state index contributed by atoms with van der Waals surface area (Å²) in [7, 11) is 0. The number of nitrogens with two attached hydrogens (primary N) is 1. The molecule has 4 nitrogen and oxygen atoms in total.